The summed E-state index contributed by atoms with van der Waals surface area (Å²) in [7, 11) is 0. The smallest absolute Gasteiger partial charge is 0.170 e. The van der Waals surface area contributed by atoms with Crippen LogP contribution in [-0.4, -0.2) is 16.3 Å². The van der Waals surface area contributed by atoms with E-state index in [1.807, 2.05) is 0 Å². The molecule has 1 aromatic carbocycles. The average molecular weight is 212 g/mol. The molecular formula is C10H10ClNO2. The van der Waals surface area contributed by atoms with E-state index in [4.69, 9.17) is 22.0 Å². The predicted octanol–water partition coefficient (Wildman–Crippen LogP) is 1.57. The van der Waals surface area contributed by atoms with Gasteiger partial charge in [0.25, 0.3) is 0 Å². The van der Waals surface area contributed by atoms with Crippen LogP contribution in [0, 0.1) is 18.3 Å². The monoisotopic (exact) mass is 211 g/mol. The highest BCUT2D eigenvalue weighted by molar-refractivity contribution is 6.31. The van der Waals surface area contributed by atoms with Crippen molar-refractivity contribution in [2.24, 2.45) is 0 Å². The molecule has 1 rings (SSSR count). The fourth-order valence-corrected chi connectivity index (χ4v) is 1.22. The van der Waals surface area contributed by atoms with Gasteiger partial charge in [0.2, 0.25) is 0 Å². The first-order valence-corrected chi connectivity index (χ1v) is 4.46. The van der Waals surface area contributed by atoms with E-state index in [2.05, 4.69) is 0 Å². The van der Waals surface area contributed by atoms with Crippen molar-refractivity contribution in [2.75, 3.05) is 0 Å². The molecule has 0 aliphatic heterocycles. The van der Waals surface area contributed by atoms with Crippen molar-refractivity contribution >= 4 is 11.6 Å². The van der Waals surface area contributed by atoms with Gasteiger partial charge >= 0.3 is 0 Å². The summed E-state index contributed by atoms with van der Waals surface area (Å²) >= 11 is 5.79. The Kier molecular flexibility index (Phi) is 3.48. The van der Waals surface area contributed by atoms with Crippen LogP contribution in [0.15, 0.2) is 18.2 Å². The van der Waals surface area contributed by atoms with E-state index in [0.29, 0.717) is 10.6 Å². The molecule has 0 bridgehead atoms. The number of aliphatic hydroxyl groups is 2. The molecule has 2 unspecified atom stereocenters. The van der Waals surface area contributed by atoms with E-state index in [0.717, 1.165) is 5.56 Å². The predicted molar refractivity (Wildman–Crippen MR) is 52.8 cm³/mol. The van der Waals surface area contributed by atoms with E-state index in [1.165, 1.54) is 0 Å². The van der Waals surface area contributed by atoms with Gasteiger partial charge in [0, 0.05) is 5.02 Å². The lowest BCUT2D eigenvalue weighted by molar-refractivity contribution is 0.0527. The highest BCUT2D eigenvalue weighted by Gasteiger charge is 2.17. The first kappa shape index (κ1) is 11.0. The zero-order chi connectivity index (χ0) is 10.7. The number of halogens is 1. The molecule has 0 aromatic heterocycles. The summed E-state index contributed by atoms with van der Waals surface area (Å²) in [6.07, 6.45) is -2.59. The van der Waals surface area contributed by atoms with Crippen LogP contribution in [-0.2, 0) is 0 Å². The number of aliphatic hydroxyl groups excluding tert-OH is 2. The SMILES string of the molecule is Cc1cc(C(O)C(O)C#N)ccc1Cl. The van der Waals surface area contributed by atoms with Crippen LogP contribution in [0.3, 0.4) is 0 Å². The molecule has 0 saturated carbocycles. The van der Waals surface area contributed by atoms with Gasteiger partial charge in [-0.05, 0) is 24.1 Å². The molecule has 74 valence electrons. The van der Waals surface area contributed by atoms with Gasteiger partial charge < -0.3 is 10.2 Å². The molecule has 0 spiro atoms. The molecule has 4 heteroatoms. The zero-order valence-corrected chi connectivity index (χ0v) is 8.36. The minimum atomic E-state index is -1.41. The van der Waals surface area contributed by atoms with Crippen LogP contribution in [0.5, 0.6) is 0 Å². The lowest BCUT2D eigenvalue weighted by atomic mass is 10.0. The molecule has 0 amide bonds. The van der Waals surface area contributed by atoms with Gasteiger partial charge in [0.15, 0.2) is 6.10 Å². The molecule has 0 aliphatic rings. The van der Waals surface area contributed by atoms with E-state index in [1.54, 1.807) is 31.2 Å². The third-order valence-corrected chi connectivity index (χ3v) is 2.38. The number of aryl methyl sites for hydroxylation is 1. The van der Waals surface area contributed by atoms with Crippen molar-refractivity contribution in [2.45, 2.75) is 19.1 Å². The van der Waals surface area contributed by atoms with Gasteiger partial charge in [0.05, 0.1) is 6.07 Å². The third kappa shape index (κ3) is 2.24. The van der Waals surface area contributed by atoms with Crippen molar-refractivity contribution in [3.63, 3.8) is 0 Å². The zero-order valence-electron chi connectivity index (χ0n) is 7.61. The summed E-state index contributed by atoms with van der Waals surface area (Å²) in [5.41, 5.74) is 1.29. The Morgan fingerprint density at radius 1 is 1.43 bits per heavy atom. The molecular weight excluding hydrogens is 202 g/mol. The van der Waals surface area contributed by atoms with E-state index < -0.39 is 12.2 Å². The topological polar surface area (TPSA) is 64.2 Å². The first-order valence-electron chi connectivity index (χ1n) is 4.08. The molecule has 2 atom stereocenters. The number of rotatable bonds is 2. The molecule has 0 fully saturated rings. The minimum Gasteiger partial charge on any atom is -0.385 e. The normalized spacial score (nSPS) is 14.5. The quantitative estimate of drug-likeness (QED) is 0.730. The van der Waals surface area contributed by atoms with Crippen LogP contribution in [0.4, 0.5) is 0 Å². The van der Waals surface area contributed by atoms with Crippen molar-refractivity contribution in [1.82, 2.24) is 0 Å². The fourth-order valence-electron chi connectivity index (χ4n) is 1.10. The Balaban J connectivity index is 2.98. The minimum absolute atomic E-state index is 0.487. The standard InChI is InChI=1S/C10H10ClNO2/c1-6-4-7(2-3-8(6)11)10(14)9(13)5-12/h2-4,9-10,13-14H,1H3. The molecule has 14 heavy (non-hydrogen) atoms. The summed E-state index contributed by atoms with van der Waals surface area (Å²) in [6.45, 7) is 1.79. The summed E-state index contributed by atoms with van der Waals surface area (Å²) < 4.78 is 0. The van der Waals surface area contributed by atoms with Gasteiger partial charge in [-0.15, -0.1) is 0 Å². The lowest BCUT2D eigenvalue weighted by Crippen LogP contribution is -2.15. The van der Waals surface area contributed by atoms with E-state index in [-0.39, 0.29) is 0 Å². The second-order valence-electron chi connectivity index (χ2n) is 3.03. The van der Waals surface area contributed by atoms with Crippen LogP contribution >= 0.6 is 11.6 Å². The van der Waals surface area contributed by atoms with Gasteiger partial charge in [-0.25, -0.2) is 0 Å². The number of hydrogen-bond acceptors (Lipinski definition) is 3. The highest BCUT2D eigenvalue weighted by atomic mass is 35.5. The maximum Gasteiger partial charge on any atom is 0.170 e. The summed E-state index contributed by atoms with van der Waals surface area (Å²) in [5, 5.41) is 27.6. The van der Waals surface area contributed by atoms with Crippen molar-refractivity contribution in [1.29, 1.82) is 5.26 Å². The summed E-state index contributed by atoms with van der Waals surface area (Å²) in [5.74, 6) is 0. The third-order valence-electron chi connectivity index (χ3n) is 1.95. The molecule has 0 aliphatic carbocycles. The fraction of sp³-hybridized carbons (Fsp3) is 0.300. The maximum atomic E-state index is 9.49. The average Bonchev–Trinajstić information content (AvgIpc) is 2.20. The Hall–Kier alpha value is -1.08. The van der Waals surface area contributed by atoms with Crippen LogP contribution < -0.4 is 0 Å². The largest absolute Gasteiger partial charge is 0.385 e. The maximum absolute atomic E-state index is 9.49. The van der Waals surface area contributed by atoms with Crippen molar-refractivity contribution in [3.8, 4) is 6.07 Å². The van der Waals surface area contributed by atoms with Gasteiger partial charge in [0.1, 0.15) is 6.10 Å². The number of benzene rings is 1. The van der Waals surface area contributed by atoms with Crippen molar-refractivity contribution in [3.05, 3.63) is 34.3 Å². The highest BCUT2D eigenvalue weighted by Crippen LogP contribution is 2.22. The van der Waals surface area contributed by atoms with Gasteiger partial charge in [-0.3, -0.25) is 0 Å². The molecule has 0 radical (unpaired) electrons. The molecule has 0 saturated heterocycles. The Labute approximate surface area is 87.2 Å². The lowest BCUT2D eigenvalue weighted by Gasteiger charge is -2.12. The summed E-state index contributed by atoms with van der Waals surface area (Å²) in [4.78, 5) is 0. The number of nitriles is 1. The Bertz CT molecular complexity index is 373. The second-order valence-corrected chi connectivity index (χ2v) is 3.43. The molecule has 2 N–H and O–H groups in total. The molecule has 0 heterocycles. The number of nitrogens with zero attached hydrogens (tertiary/aromatic N) is 1. The molecule has 3 nitrogen and oxygen atoms in total. The van der Waals surface area contributed by atoms with Crippen molar-refractivity contribution < 1.29 is 10.2 Å². The first-order chi connectivity index (χ1) is 6.56. The second kappa shape index (κ2) is 4.43. The Morgan fingerprint density at radius 3 is 2.57 bits per heavy atom. The van der Waals surface area contributed by atoms with Crippen LogP contribution in [0.25, 0.3) is 0 Å². The molecule has 1 aromatic rings. The van der Waals surface area contributed by atoms with Crippen LogP contribution in [0.1, 0.15) is 17.2 Å². The van der Waals surface area contributed by atoms with Gasteiger partial charge in [-0.1, -0.05) is 23.7 Å². The van der Waals surface area contributed by atoms with E-state index in [9.17, 15) is 5.11 Å². The number of hydrogen-bond donors (Lipinski definition) is 2. The van der Waals surface area contributed by atoms with Crippen LogP contribution in [0.2, 0.25) is 5.02 Å². The summed E-state index contributed by atoms with van der Waals surface area (Å²) in [6, 6.07) is 6.42. The Morgan fingerprint density at radius 2 is 2.07 bits per heavy atom. The van der Waals surface area contributed by atoms with Gasteiger partial charge in [-0.2, -0.15) is 5.26 Å². The van der Waals surface area contributed by atoms with E-state index >= 15 is 0 Å².